The molecule has 0 aliphatic carbocycles. The van der Waals surface area contributed by atoms with Gasteiger partial charge in [-0.1, -0.05) is 0 Å². The summed E-state index contributed by atoms with van der Waals surface area (Å²) in [5.41, 5.74) is -1.10. The minimum absolute atomic E-state index is 0.0888. The average Bonchev–Trinajstić information content (AvgIpc) is 2.96. The van der Waals surface area contributed by atoms with Gasteiger partial charge >= 0.3 is 6.18 Å². The predicted octanol–water partition coefficient (Wildman–Crippen LogP) is 5.66. The van der Waals surface area contributed by atoms with Gasteiger partial charge in [0.15, 0.2) is 0 Å². The SMILES string of the molecule is CC1CN(c2cc(F)c(-c3ccc(N4CCOCC4)nc3)cc2NC(=O)c2ccc(F)cc2C(F)(F)F)CC(C)N1C. The molecule has 0 saturated carbocycles. The highest BCUT2D eigenvalue weighted by Gasteiger charge is 2.36. The quantitative estimate of drug-likeness (QED) is 0.388. The van der Waals surface area contributed by atoms with Crippen molar-refractivity contribution >= 4 is 23.1 Å². The van der Waals surface area contributed by atoms with Crippen molar-refractivity contribution in [3.63, 3.8) is 0 Å². The third-order valence-electron chi connectivity index (χ3n) is 7.96. The molecular formula is C30H32F5N5O2. The number of carbonyl (C=O) groups is 1. The van der Waals surface area contributed by atoms with Gasteiger partial charge < -0.3 is 19.9 Å². The number of morpholine rings is 1. The van der Waals surface area contributed by atoms with E-state index in [9.17, 15) is 22.4 Å². The second-order valence-electron chi connectivity index (χ2n) is 10.8. The van der Waals surface area contributed by atoms with Crippen molar-refractivity contribution < 1.29 is 31.5 Å². The fraction of sp³-hybridized carbons (Fsp3) is 0.400. The van der Waals surface area contributed by atoms with Crippen molar-refractivity contribution in [1.82, 2.24) is 9.88 Å². The van der Waals surface area contributed by atoms with Crippen molar-refractivity contribution in [3.8, 4) is 11.1 Å². The lowest BCUT2D eigenvalue weighted by molar-refractivity contribution is -0.138. The van der Waals surface area contributed by atoms with E-state index in [1.165, 1.54) is 18.3 Å². The molecule has 1 aromatic heterocycles. The van der Waals surface area contributed by atoms with E-state index >= 15 is 4.39 Å². The summed E-state index contributed by atoms with van der Waals surface area (Å²) in [7, 11) is 1.99. The summed E-state index contributed by atoms with van der Waals surface area (Å²) < 4.78 is 75.9. The highest BCUT2D eigenvalue weighted by molar-refractivity contribution is 6.07. The molecule has 7 nitrogen and oxygen atoms in total. The number of nitrogens with zero attached hydrogens (tertiary/aromatic N) is 4. The molecule has 2 atom stereocenters. The summed E-state index contributed by atoms with van der Waals surface area (Å²) in [6, 6.07) is 8.25. The van der Waals surface area contributed by atoms with Crippen molar-refractivity contribution in [2.45, 2.75) is 32.1 Å². The molecule has 3 heterocycles. The monoisotopic (exact) mass is 589 g/mol. The van der Waals surface area contributed by atoms with Crippen LogP contribution in [0, 0.1) is 11.6 Å². The van der Waals surface area contributed by atoms with Crippen molar-refractivity contribution in [2.75, 3.05) is 61.6 Å². The summed E-state index contributed by atoms with van der Waals surface area (Å²) in [4.78, 5) is 23.9. The maximum Gasteiger partial charge on any atom is 0.417 e. The second-order valence-corrected chi connectivity index (χ2v) is 10.8. The Morgan fingerprint density at radius 1 is 0.976 bits per heavy atom. The molecule has 42 heavy (non-hydrogen) atoms. The molecule has 1 N–H and O–H groups in total. The number of likely N-dealkylation sites (N-methyl/N-ethyl adjacent to an activating group) is 1. The van der Waals surface area contributed by atoms with Gasteiger partial charge in [0.05, 0.1) is 35.7 Å². The number of hydrogen-bond acceptors (Lipinski definition) is 6. The molecule has 0 bridgehead atoms. The van der Waals surface area contributed by atoms with Gasteiger partial charge in [0.25, 0.3) is 5.91 Å². The van der Waals surface area contributed by atoms with E-state index < -0.39 is 34.8 Å². The largest absolute Gasteiger partial charge is 0.417 e. The van der Waals surface area contributed by atoms with Crippen LogP contribution < -0.4 is 15.1 Å². The minimum Gasteiger partial charge on any atom is -0.378 e. The van der Waals surface area contributed by atoms with E-state index in [-0.39, 0.29) is 29.4 Å². The number of benzene rings is 2. The number of carbonyl (C=O) groups excluding carboxylic acids is 1. The molecule has 0 spiro atoms. The average molecular weight is 590 g/mol. The van der Waals surface area contributed by atoms with Gasteiger partial charge in [-0.05, 0) is 63.4 Å². The smallest absolute Gasteiger partial charge is 0.378 e. The predicted molar refractivity (Wildman–Crippen MR) is 151 cm³/mol. The highest BCUT2D eigenvalue weighted by atomic mass is 19.4. The molecule has 2 aliphatic rings. The Morgan fingerprint density at radius 3 is 2.29 bits per heavy atom. The minimum atomic E-state index is -4.96. The molecule has 2 unspecified atom stereocenters. The molecule has 2 aliphatic heterocycles. The number of pyridine rings is 1. The Morgan fingerprint density at radius 2 is 1.67 bits per heavy atom. The Hall–Kier alpha value is -3.77. The molecule has 5 rings (SSSR count). The summed E-state index contributed by atoms with van der Waals surface area (Å²) in [6.07, 6.45) is -3.43. The summed E-state index contributed by atoms with van der Waals surface area (Å²) in [5, 5.41) is 2.57. The van der Waals surface area contributed by atoms with Gasteiger partial charge in [0.2, 0.25) is 0 Å². The molecule has 3 aromatic rings. The van der Waals surface area contributed by atoms with E-state index in [1.54, 1.807) is 12.1 Å². The Kier molecular flexibility index (Phi) is 8.38. The molecule has 2 saturated heterocycles. The summed E-state index contributed by atoms with van der Waals surface area (Å²) in [6.45, 7) is 7.55. The molecule has 1 amide bonds. The molecule has 224 valence electrons. The fourth-order valence-electron chi connectivity index (χ4n) is 5.41. The van der Waals surface area contributed by atoms with Crippen LogP contribution in [-0.2, 0) is 10.9 Å². The van der Waals surface area contributed by atoms with E-state index in [2.05, 4.69) is 20.1 Å². The lowest BCUT2D eigenvalue weighted by Gasteiger charge is -2.44. The first-order chi connectivity index (χ1) is 19.9. The number of piperazine rings is 1. The van der Waals surface area contributed by atoms with Gasteiger partial charge in [-0.3, -0.25) is 9.69 Å². The van der Waals surface area contributed by atoms with E-state index in [0.717, 1.165) is 12.1 Å². The normalized spacial score (nSPS) is 20.1. The first-order valence-corrected chi connectivity index (χ1v) is 13.7. The van der Waals surface area contributed by atoms with E-state index in [0.29, 0.717) is 56.5 Å². The first-order valence-electron chi connectivity index (χ1n) is 13.7. The van der Waals surface area contributed by atoms with Gasteiger partial charge in [-0.2, -0.15) is 13.2 Å². The van der Waals surface area contributed by atoms with Crippen molar-refractivity contribution in [3.05, 3.63) is 71.4 Å². The van der Waals surface area contributed by atoms with Gasteiger partial charge in [0.1, 0.15) is 17.5 Å². The number of hydrogen-bond donors (Lipinski definition) is 1. The number of alkyl halides is 3. The fourth-order valence-corrected chi connectivity index (χ4v) is 5.41. The molecular weight excluding hydrogens is 557 g/mol. The number of aromatic nitrogens is 1. The van der Waals surface area contributed by atoms with E-state index in [1.807, 2.05) is 25.8 Å². The summed E-state index contributed by atoms with van der Waals surface area (Å²) in [5.74, 6) is -2.06. The Balaban J connectivity index is 1.54. The second kappa shape index (κ2) is 11.8. The number of halogens is 5. The van der Waals surface area contributed by atoms with Gasteiger partial charge in [-0.15, -0.1) is 0 Å². The topological polar surface area (TPSA) is 60.9 Å². The molecule has 0 radical (unpaired) electrons. The lowest BCUT2D eigenvalue weighted by Crippen LogP contribution is -2.55. The van der Waals surface area contributed by atoms with Crippen LogP contribution in [0.15, 0.2) is 48.7 Å². The first kappa shape index (κ1) is 29.7. The van der Waals surface area contributed by atoms with Crippen LogP contribution in [0.4, 0.5) is 39.1 Å². The number of rotatable bonds is 5. The lowest BCUT2D eigenvalue weighted by atomic mass is 10.0. The molecule has 12 heteroatoms. The third-order valence-corrected chi connectivity index (χ3v) is 7.96. The number of anilines is 3. The Bertz CT molecular complexity index is 1430. The van der Waals surface area contributed by atoms with Crippen LogP contribution in [-0.4, -0.2) is 74.3 Å². The van der Waals surface area contributed by atoms with Gasteiger partial charge in [0, 0.05) is 55.6 Å². The van der Waals surface area contributed by atoms with E-state index in [4.69, 9.17) is 4.74 Å². The van der Waals surface area contributed by atoms with Gasteiger partial charge in [-0.25, -0.2) is 13.8 Å². The van der Waals surface area contributed by atoms with Crippen LogP contribution in [0.2, 0.25) is 0 Å². The molecule has 2 fully saturated rings. The maximum atomic E-state index is 15.7. The number of ether oxygens (including phenoxy) is 1. The zero-order chi connectivity index (χ0) is 30.2. The standard InChI is InChI=1S/C30H32F5N5O2/c1-18-16-40(17-19(2)38(18)3)27-14-25(32)23(20-4-7-28(36-15-20)39-8-10-42-11-9-39)13-26(27)37-29(41)22-6-5-21(31)12-24(22)30(33,34)35/h4-7,12-15,18-19H,8-11,16-17H2,1-3H3,(H,37,41). The van der Waals surface area contributed by atoms with Crippen LogP contribution in [0.25, 0.3) is 11.1 Å². The third kappa shape index (κ3) is 6.19. The highest BCUT2D eigenvalue weighted by Crippen LogP contribution is 2.38. The number of nitrogens with one attached hydrogen (secondary N) is 1. The maximum absolute atomic E-state index is 15.7. The molecule has 2 aromatic carbocycles. The van der Waals surface area contributed by atoms with Crippen molar-refractivity contribution in [2.24, 2.45) is 0 Å². The summed E-state index contributed by atoms with van der Waals surface area (Å²) >= 11 is 0. The zero-order valence-electron chi connectivity index (χ0n) is 23.5. The van der Waals surface area contributed by atoms with Crippen molar-refractivity contribution in [1.29, 1.82) is 0 Å². The van der Waals surface area contributed by atoms with Crippen LogP contribution >= 0.6 is 0 Å². The van der Waals surface area contributed by atoms with Crippen LogP contribution in [0.3, 0.4) is 0 Å². The Labute approximate surface area is 240 Å². The van der Waals surface area contributed by atoms with Crippen LogP contribution in [0.1, 0.15) is 29.8 Å². The number of amides is 1. The van der Waals surface area contributed by atoms with Crippen LogP contribution in [0.5, 0.6) is 0 Å². The zero-order valence-corrected chi connectivity index (χ0v) is 23.5.